The fourth-order valence-electron chi connectivity index (χ4n) is 3.54. The number of benzene rings is 4. The molecular weight excluding hydrogens is 424 g/mol. The number of carboxylic acid groups (broad SMARTS) is 2. The van der Waals surface area contributed by atoms with Gasteiger partial charge in [-0.25, -0.2) is 9.59 Å². The van der Waals surface area contributed by atoms with Crippen molar-refractivity contribution in [1.29, 1.82) is 0 Å². The van der Waals surface area contributed by atoms with Crippen LogP contribution in [0.3, 0.4) is 0 Å². The van der Waals surface area contributed by atoms with Crippen molar-refractivity contribution < 1.29 is 19.8 Å². The van der Waals surface area contributed by atoms with Gasteiger partial charge in [0.05, 0.1) is 11.1 Å². The molecule has 0 atom stereocenters. The van der Waals surface area contributed by atoms with Gasteiger partial charge in [0.15, 0.2) is 0 Å². The summed E-state index contributed by atoms with van der Waals surface area (Å²) in [5.74, 6) is 9.41. The molecule has 0 aliphatic carbocycles. The van der Waals surface area contributed by atoms with E-state index in [0.717, 1.165) is 11.1 Å². The smallest absolute Gasteiger partial charge is 0.337 e. The van der Waals surface area contributed by atoms with Gasteiger partial charge >= 0.3 is 11.9 Å². The van der Waals surface area contributed by atoms with Crippen LogP contribution < -0.4 is 0 Å². The number of rotatable bonds is 3. The number of hydrogen-bond acceptors (Lipinski definition) is 2. The van der Waals surface area contributed by atoms with E-state index in [1.165, 1.54) is 0 Å². The Kier molecular flexibility index (Phi) is 6.54. The maximum absolute atomic E-state index is 12.3. The Morgan fingerprint density at radius 3 is 1.21 bits per heavy atom. The molecule has 0 radical (unpaired) electrons. The van der Waals surface area contributed by atoms with E-state index in [1.807, 2.05) is 60.7 Å². The standard InChI is InChI=1S/C30H18O4/c31-29(32)27-23(19-17-21-9-3-1-4-10-21)13-7-15-25(27)26-16-8-14-24(28(26)30(33)34)20-18-22-11-5-2-6-12-22/h1-16H,(H,31,32)(H,33,34). The minimum Gasteiger partial charge on any atom is -0.478 e. The molecule has 4 aromatic rings. The summed E-state index contributed by atoms with van der Waals surface area (Å²) in [7, 11) is 0. The normalized spacial score (nSPS) is 9.76. The first kappa shape index (κ1) is 22.1. The summed E-state index contributed by atoms with van der Waals surface area (Å²) in [6, 6.07) is 28.2. The van der Waals surface area contributed by atoms with E-state index in [2.05, 4.69) is 23.7 Å². The average Bonchev–Trinajstić information content (AvgIpc) is 2.86. The van der Waals surface area contributed by atoms with Crippen LogP contribution >= 0.6 is 0 Å². The summed E-state index contributed by atoms with van der Waals surface area (Å²) < 4.78 is 0. The largest absolute Gasteiger partial charge is 0.478 e. The summed E-state index contributed by atoms with van der Waals surface area (Å²) in [5.41, 5.74) is 2.52. The van der Waals surface area contributed by atoms with Crippen LogP contribution in [0.1, 0.15) is 43.0 Å². The molecule has 0 spiro atoms. The minimum absolute atomic E-state index is 0.0541. The predicted octanol–water partition coefficient (Wildman–Crippen LogP) is 5.55. The molecule has 4 rings (SSSR count). The third-order valence-corrected chi connectivity index (χ3v) is 5.08. The fourth-order valence-corrected chi connectivity index (χ4v) is 3.54. The van der Waals surface area contributed by atoms with Gasteiger partial charge in [-0.05, 0) is 47.5 Å². The highest BCUT2D eigenvalue weighted by Crippen LogP contribution is 2.31. The van der Waals surface area contributed by atoms with Crippen LogP contribution in [0.2, 0.25) is 0 Å². The van der Waals surface area contributed by atoms with Crippen LogP contribution in [-0.4, -0.2) is 22.2 Å². The lowest BCUT2D eigenvalue weighted by molar-refractivity contribution is 0.0684. The van der Waals surface area contributed by atoms with E-state index in [4.69, 9.17) is 0 Å². The van der Waals surface area contributed by atoms with Crippen molar-refractivity contribution in [1.82, 2.24) is 0 Å². The first-order chi connectivity index (χ1) is 16.5. The second-order valence-corrected chi connectivity index (χ2v) is 7.30. The molecule has 162 valence electrons. The highest BCUT2D eigenvalue weighted by molar-refractivity contribution is 6.04. The van der Waals surface area contributed by atoms with Gasteiger partial charge in [-0.1, -0.05) is 84.3 Å². The number of hydrogen-bond donors (Lipinski definition) is 2. The quantitative estimate of drug-likeness (QED) is 0.408. The molecule has 0 bridgehead atoms. The Hall–Kier alpha value is -5.06. The van der Waals surface area contributed by atoms with E-state index in [-0.39, 0.29) is 22.3 Å². The van der Waals surface area contributed by atoms with Crippen molar-refractivity contribution in [2.24, 2.45) is 0 Å². The molecule has 4 nitrogen and oxygen atoms in total. The molecule has 0 unspecified atom stereocenters. The van der Waals surface area contributed by atoms with Gasteiger partial charge in [0.2, 0.25) is 0 Å². The molecule has 0 aliphatic heterocycles. The van der Waals surface area contributed by atoms with Gasteiger partial charge in [-0.3, -0.25) is 0 Å². The van der Waals surface area contributed by atoms with Gasteiger partial charge in [-0.15, -0.1) is 0 Å². The monoisotopic (exact) mass is 442 g/mol. The summed E-state index contributed by atoms with van der Waals surface area (Å²) in [4.78, 5) is 24.5. The van der Waals surface area contributed by atoms with Crippen molar-refractivity contribution in [3.63, 3.8) is 0 Å². The van der Waals surface area contributed by atoms with Crippen LogP contribution in [0, 0.1) is 23.7 Å². The van der Waals surface area contributed by atoms with Crippen LogP contribution in [0.15, 0.2) is 97.1 Å². The Bertz CT molecular complexity index is 1380. The SMILES string of the molecule is O=C(O)c1c(C#Cc2ccccc2)cccc1-c1cccc(C#Cc2ccccc2)c1C(=O)O. The lowest BCUT2D eigenvalue weighted by Crippen LogP contribution is -2.08. The summed E-state index contributed by atoms with van der Waals surface area (Å²) in [5, 5.41) is 20.0. The van der Waals surface area contributed by atoms with Crippen molar-refractivity contribution in [3.05, 3.63) is 130 Å². The van der Waals surface area contributed by atoms with E-state index >= 15 is 0 Å². The summed E-state index contributed by atoms with van der Waals surface area (Å²) in [6.07, 6.45) is 0. The summed E-state index contributed by atoms with van der Waals surface area (Å²) in [6.45, 7) is 0. The number of aromatic carboxylic acids is 2. The zero-order valence-corrected chi connectivity index (χ0v) is 17.9. The number of carbonyl (C=O) groups is 2. The first-order valence-electron chi connectivity index (χ1n) is 10.4. The zero-order chi connectivity index (χ0) is 23.9. The maximum Gasteiger partial charge on any atom is 0.337 e. The van der Waals surface area contributed by atoms with Gasteiger partial charge in [-0.2, -0.15) is 0 Å². The third kappa shape index (κ3) is 4.88. The fraction of sp³-hybridized carbons (Fsp3) is 0. The van der Waals surface area contributed by atoms with Gasteiger partial charge in [0.25, 0.3) is 0 Å². The average molecular weight is 442 g/mol. The van der Waals surface area contributed by atoms with E-state index < -0.39 is 11.9 Å². The molecule has 0 saturated carbocycles. The molecule has 34 heavy (non-hydrogen) atoms. The molecule has 0 aliphatic rings. The van der Waals surface area contributed by atoms with Crippen molar-refractivity contribution in [2.45, 2.75) is 0 Å². The van der Waals surface area contributed by atoms with Gasteiger partial charge < -0.3 is 10.2 Å². The summed E-state index contributed by atoms with van der Waals surface area (Å²) >= 11 is 0. The molecule has 2 N–H and O–H groups in total. The third-order valence-electron chi connectivity index (χ3n) is 5.08. The van der Waals surface area contributed by atoms with Gasteiger partial charge in [0.1, 0.15) is 0 Å². The highest BCUT2D eigenvalue weighted by atomic mass is 16.4. The Labute approximate surface area is 197 Å². The topological polar surface area (TPSA) is 74.6 Å². The molecular formula is C30H18O4. The lowest BCUT2D eigenvalue weighted by atomic mass is 9.90. The Morgan fingerprint density at radius 1 is 0.471 bits per heavy atom. The van der Waals surface area contributed by atoms with E-state index in [9.17, 15) is 19.8 Å². The van der Waals surface area contributed by atoms with Crippen molar-refractivity contribution in [3.8, 4) is 34.8 Å². The van der Waals surface area contributed by atoms with E-state index in [1.54, 1.807) is 36.4 Å². The molecule has 0 heterocycles. The van der Waals surface area contributed by atoms with Crippen molar-refractivity contribution in [2.75, 3.05) is 0 Å². The van der Waals surface area contributed by atoms with E-state index in [0.29, 0.717) is 11.1 Å². The second kappa shape index (κ2) is 10.0. The van der Waals surface area contributed by atoms with Crippen LogP contribution in [0.5, 0.6) is 0 Å². The molecule has 0 saturated heterocycles. The van der Waals surface area contributed by atoms with Crippen molar-refractivity contribution >= 4 is 11.9 Å². The lowest BCUT2D eigenvalue weighted by Gasteiger charge is -2.12. The van der Waals surface area contributed by atoms with Gasteiger partial charge in [0, 0.05) is 22.3 Å². The zero-order valence-electron chi connectivity index (χ0n) is 17.9. The second-order valence-electron chi connectivity index (χ2n) is 7.30. The molecule has 4 aromatic carbocycles. The Morgan fingerprint density at radius 2 is 0.853 bits per heavy atom. The van der Waals surface area contributed by atoms with Crippen LogP contribution in [0.25, 0.3) is 11.1 Å². The molecule has 4 heteroatoms. The maximum atomic E-state index is 12.3. The van der Waals surface area contributed by atoms with Crippen LogP contribution in [0.4, 0.5) is 0 Å². The molecule has 0 amide bonds. The Balaban J connectivity index is 1.88. The van der Waals surface area contributed by atoms with Crippen LogP contribution in [-0.2, 0) is 0 Å². The predicted molar refractivity (Wildman–Crippen MR) is 131 cm³/mol. The first-order valence-corrected chi connectivity index (χ1v) is 10.4. The minimum atomic E-state index is -1.19. The molecule has 0 fully saturated rings. The number of carboxylic acids is 2. The highest BCUT2D eigenvalue weighted by Gasteiger charge is 2.22. The molecule has 0 aromatic heterocycles.